The Morgan fingerprint density at radius 2 is 1.52 bits per heavy atom. The molecular formula is C25H34N2O2. The van der Waals surface area contributed by atoms with Crippen molar-refractivity contribution in [2.24, 2.45) is 5.92 Å². The van der Waals surface area contributed by atoms with Crippen LogP contribution in [0.2, 0.25) is 0 Å². The van der Waals surface area contributed by atoms with E-state index in [1.165, 1.54) is 5.56 Å². The molecular weight excluding hydrogens is 360 g/mol. The van der Waals surface area contributed by atoms with Gasteiger partial charge >= 0.3 is 0 Å². The van der Waals surface area contributed by atoms with E-state index >= 15 is 0 Å². The van der Waals surface area contributed by atoms with E-state index in [0.29, 0.717) is 5.92 Å². The molecule has 0 aliphatic carbocycles. The Morgan fingerprint density at radius 1 is 0.862 bits per heavy atom. The Morgan fingerprint density at radius 3 is 2.17 bits per heavy atom. The Bertz CT molecular complexity index is 795. The van der Waals surface area contributed by atoms with Gasteiger partial charge in [0.2, 0.25) is 0 Å². The monoisotopic (exact) mass is 394 g/mol. The first-order chi connectivity index (χ1) is 13.9. The van der Waals surface area contributed by atoms with Gasteiger partial charge in [-0.2, -0.15) is 0 Å². The molecule has 2 heterocycles. The predicted molar refractivity (Wildman–Crippen MR) is 117 cm³/mol. The fourth-order valence-electron chi connectivity index (χ4n) is 5.05. The highest BCUT2D eigenvalue weighted by Crippen LogP contribution is 2.33. The molecule has 4 N–H and O–H groups in total. The van der Waals surface area contributed by atoms with Gasteiger partial charge < -0.3 is 20.8 Å². The van der Waals surface area contributed by atoms with Crippen LogP contribution in [0.4, 0.5) is 0 Å². The van der Waals surface area contributed by atoms with E-state index in [4.69, 9.17) is 0 Å². The topological polar surface area (TPSA) is 64.5 Å². The second-order valence-electron chi connectivity index (χ2n) is 9.27. The van der Waals surface area contributed by atoms with Gasteiger partial charge in [0.1, 0.15) is 11.2 Å². The number of rotatable bonds is 6. The van der Waals surface area contributed by atoms with Gasteiger partial charge in [0.15, 0.2) is 0 Å². The minimum atomic E-state index is -0.868. The van der Waals surface area contributed by atoms with Crippen LogP contribution in [0.5, 0.6) is 0 Å². The summed E-state index contributed by atoms with van der Waals surface area (Å²) in [5, 5.41) is 29.1. The van der Waals surface area contributed by atoms with E-state index < -0.39 is 11.2 Å². The lowest BCUT2D eigenvalue weighted by Crippen LogP contribution is -2.42. The zero-order valence-electron chi connectivity index (χ0n) is 17.6. The molecule has 4 rings (SSSR count). The number of benzene rings is 2. The van der Waals surface area contributed by atoms with Crippen LogP contribution in [0.25, 0.3) is 0 Å². The van der Waals surface area contributed by atoms with Crippen molar-refractivity contribution in [2.75, 3.05) is 13.1 Å². The summed E-state index contributed by atoms with van der Waals surface area (Å²) >= 11 is 0. The van der Waals surface area contributed by atoms with Crippen LogP contribution in [0.1, 0.15) is 49.8 Å². The summed E-state index contributed by atoms with van der Waals surface area (Å²) in [7, 11) is 0. The van der Waals surface area contributed by atoms with E-state index in [1.54, 1.807) is 0 Å². The third-order valence-corrected chi connectivity index (χ3v) is 7.06. The Labute approximate surface area is 174 Å². The number of aliphatic hydroxyl groups is 2. The highest BCUT2D eigenvalue weighted by Gasteiger charge is 2.39. The molecule has 5 atom stereocenters. The van der Waals surface area contributed by atoms with Gasteiger partial charge in [0.25, 0.3) is 0 Å². The molecule has 0 spiro atoms. The maximum atomic E-state index is 11.1. The van der Waals surface area contributed by atoms with Crippen LogP contribution in [-0.4, -0.2) is 35.4 Å². The molecule has 2 saturated heterocycles. The maximum absolute atomic E-state index is 11.1. The smallest absolute Gasteiger partial charge is 0.102 e. The second kappa shape index (κ2) is 8.19. The van der Waals surface area contributed by atoms with Gasteiger partial charge in [-0.05, 0) is 75.2 Å². The molecule has 2 aromatic carbocycles. The van der Waals surface area contributed by atoms with Gasteiger partial charge in [0.05, 0.1) is 0 Å². The van der Waals surface area contributed by atoms with Crippen LogP contribution in [0, 0.1) is 5.92 Å². The summed E-state index contributed by atoms with van der Waals surface area (Å²) in [4.78, 5) is 0. The van der Waals surface area contributed by atoms with Crippen molar-refractivity contribution in [3.05, 3.63) is 71.3 Å². The van der Waals surface area contributed by atoms with E-state index in [1.807, 2.05) is 44.2 Å². The van der Waals surface area contributed by atoms with Crippen LogP contribution in [0.3, 0.4) is 0 Å². The average molecular weight is 395 g/mol. The summed E-state index contributed by atoms with van der Waals surface area (Å²) in [6.07, 6.45) is 4.08. The van der Waals surface area contributed by atoms with Gasteiger partial charge in [-0.1, -0.05) is 54.6 Å². The van der Waals surface area contributed by atoms with Crippen LogP contribution < -0.4 is 10.6 Å². The fourth-order valence-corrected chi connectivity index (χ4v) is 5.05. The molecule has 2 aliphatic rings. The third kappa shape index (κ3) is 4.26. The molecule has 0 bridgehead atoms. The van der Waals surface area contributed by atoms with Crippen molar-refractivity contribution in [3.8, 4) is 0 Å². The minimum Gasteiger partial charge on any atom is -0.384 e. The lowest BCUT2D eigenvalue weighted by atomic mass is 9.84. The maximum Gasteiger partial charge on any atom is 0.102 e. The summed E-state index contributed by atoms with van der Waals surface area (Å²) < 4.78 is 0. The standard InChI is InChI=1S/C25H34N2O2/c1-24(28,22-9-6-14-26-22)21-12-10-18(11-13-21)15-19-16-23(27-17-19)25(2,29)20-7-4-3-5-8-20/h3-5,7-8,10-13,19,22-23,26-29H,6,9,14-17H2,1-2H3/t19?,22-,23+,24?,25?/m1/s1. The van der Waals surface area contributed by atoms with Gasteiger partial charge in [0, 0.05) is 12.1 Å². The summed E-state index contributed by atoms with van der Waals surface area (Å²) in [6.45, 7) is 5.74. The second-order valence-corrected chi connectivity index (χ2v) is 9.27. The molecule has 0 saturated carbocycles. The molecule has 0 amide bonds. The van der Waals surface area contributed by atoms with Crippen molar-refractivity contribution in [1.82, 2.24) is 10.6 Å². The quantitative estimate of drug-likeness (QED) is 0.608. The first kappa shape index (κ1) is 20.5. The Hall–Kier alpha value is -1.72. The van der Waals surface area contributed by atoms with Crippen LogP contribution in [0.15, 0.2) is 54.6 Å². The predicted octanol–water partition coefficient (Wildman–Crippen LogP) is 3.07. The molecule has 2 aliphatic heterocycles. The molecule has 4 heteroatoms. The van der Waals surface area contributed by atoms with Crippen molar-refractivity contribution < 1.29 is 10.2 Å². The minimum absolute atomic E-state index is 0.0587. The number of hydrogen-bond acceptors (Lipinski definition) is 4. The van der Waals surface area contributed by atoms with E-state index in [0.717, 1.165) is 49.9 Å². The molecule has 2 aromatic rings. The number of nitrogens with one attached hydrogen (secondary N) is 2. The van der Waals surface area contributed by atoms with E-state index in [2.05, 4.69) is 34.9 Å². The zero-order chi connectivity index (χ0) is 20.5. The molecule has 4 nitrogen and oxygen atoms in total. The van der Waals surface area contributed by atoms with Crippen molar-refractivity contribution in [3.63, 3.8) is 0 Å². The lowest BCUT2D eigenvalue weighted by molar-refractivity contribution is 0.0205. The summed E-state index contributed by atoms with van der Waals surface area (Å²) in [5.74, 6) is 0.498. The molecule has 156 valence electrons. The van der Waals surface area contributed by atoms with Gasteiger partial charge in [-0.25, -0.2) is 0 Å². The van der Waals surface area contributed by atoms with Crippen LogP contribution >= 0.6 is 0 Å². The number of hydrogen-bond donors (Lipinski definition) is 4. The zero-order valence-corrected chi connectivity index (χ0v) is 17.6. The van der Waals surface area contributed by atoms with Crippen molar-refractivity contribution in [1.29, 1.82) is 0 Å². The summed E-state index contributed by atoms with van der Waals surface area (Å²) in [6, 6.07) is 18.6. The highest BCUT2D eigenvalue weighted by atomic mass is 16.3. The Kier molecular flexibility index (Phi) is 5.80. The largest absolute Gasteiger partial charge is 0.384 e. The third-order valence-electron chi connectivity index (χ3n) is 7.06. The Balaban J connectivity index is 1.38. The highest BCUT2D eigenvalue weighted by molar-refractivity contribution is 5.29. The molecule has 0 radical (unpaired) electrons. The van der Waals surface area contributed by atoms with Crippen molar-refractivity contribution >= 4 is 0 Å². The molecule has 2 fully saturated rings. The SMILES string of the molecule is CC(O)(c1ccccc1)[C@@H]1CC(Cc2ccc(C(C)(O)[C@H]3CCCN3)cc2)CN1. The summed E-state index contributed by atoms with van der Waals surface area (Å²) in [5.41, 5.74) is 1.53. The van der Waals surface area contributed by atoms with Gasteiger partial charge in [-0.15, -0.1) is 0 Å². The molecule has 29 heavy (non-hydrogen) atoms. The first-order valence-corrected chi connectivity index (χ1v) is 10.9. The molecule has 0 aromatic heterocycles. The van der Waals surface area contributed by atoms with Gasteiger partial charge in [-0.3, -0.25) is 0 Å². The fraction of sp³-hybridized carbons (Fsp3) is 0.520. The molecule has 3 unspecified atom stereocenters. The van der Waals surface area contributed by atoms with E-state index in [9.17, 15) is 10.2 Å². The van der Waals surface area contributed by atoms with Crippen molar-refractivity contribution in [2.45, 2.75) is 62.8 Å². The first-order valence-electron chi connectivity index (χ1n) is 10.9. The average Bonchev–Trinajstić information content (AvgIpc) is 3.42. The van der Waals surface area contributed by atoms with Crippen LogP contribution in [-0.2, 0) is 17.6 Å². The van der Waals surface area contributed by atoms with E-state index in [-0.39, 0.29) is 12.1 Å². The lowest BCUT2D eigenvalue weighted by Gasteiger charge is -2.31. The normalized spacial score (nSPS) is 28.8.